The van der Waals surface area contributed by atoms with E-state index >= 15 is 0 Å². The molecule has 0 aliphatic heterocycles. The zero-order valence-corrected chi connectivity index (χ0v) is 14.7. The topological polar surface area (TPSA) is 76.4 Å². The fraction of sp³-hybridized carbons (Fsp3) is 0.333. The molecule has 0 heterocycles. The lowest BCUT2D eigenvalue weighted by atomic mass is 9.92. The van der Waals surface area contributed by atoms with Crippen LogP contribution in [0.15, 0.2) is 54.6 Å². The summed E-state index contributed by atoms with van der Waals surface area (Å²) in [6, 6.07) is 19.5. The first-order valence-electron chi connectivity index (χ1n) is 8.87. The number of rotatable bonds is 7. The maximum Gasteiger partial charge on any atom is 0.240 e. The molecular weight excluding hydrogens is 326 g/mol. The van der Waals surface area contributed by atoms with Gasteiger partial charge in [-0.05, 0) is 36.1 Å². The number of aliphatic hydroxyl groups excluding tert-OH is 1. The van der Waals surface area contributed by atoms with Crippen molar-refractivity contribution in [2.45, 2.75) is 24.8 Å². The zero-order chi connectivity index (χ0) is 18.4. The predicted molar refractivity (Wildman–Crippen MR) is 101 cm³/mol. The first kappa shape index (κ1) is 18.1. The summed E-state index contributed by atoms with van der Waals surface area (Å²) in [5.74, 6) is -0.108. The Bertz CT molecular complexity index is 800. The first-order chi connectivity index (χ1) is 12.7. The number of carbonyl (C=O) groups is 1. The normalized spacial score (nSPS) is 18.2. The van der Waals surface area contributed by atoms with Crippen molar-refractivity contribution in [3.63, 3.8) is 0 Å². The standard InChI is InChI=1S/C21H23N3O2/c22-13-6-14-24(18-8-2-1-3-9-18)20(26)15-23-21(16-25)12-11-17-7-4-5-10-19(17)21/h1-5,7-10,23,25H,6,11-12,14-16H2. The summed E-state index contributed by atoms with van der Waals surface area (Å²) in [5, 5.41) is 22.2. The van der Waals surface area contributed by atoms with Gasteiger partial charge >= 0.3 is 0 Å². The number of anilines is 1. The minimum atomic E-state index is -0.580. The molecule has 26 heavy (non-hydrogen) atoms. The molecule has 0 saturated heterocycles. The van der Waals surface area contributed by atoms with Gasteiger partial charge in [-0.15, -0.1) is 0 Å². The Morgan fingerprint density at radius 3 is 2.65 bits per heavy atom. The molecule has 2 aromatic carbocycles. The van der Waals surface area contributed by atoms with E-state index in [1.54, 1.807) is 4.90 Å². The van der Waals surface area contributed by atoms with Crippen LogP contribution in [0.2, 0.25) is 0 Å². The van der Waals surface area contributed by atoms with E-state index in [1.165, 1.54) is 5.56 Å². The monoisotopic (exact) mass is 349 g/mol. The molecule has 1 aliphatic carbocycles. The van der Waals surface area contributed by atoms with Crippen molar-refractivity contribution in [1.82, 2.24) is 5.32 Å². The van der Waals surface area contributed by atoms with E-state index in [4.69, 9.17) is 5.26 Å². The van der Waals surface area contributed by atoms with E-state index in [2.05, 4.69) is 17.5 Å². The number of aliphatic hydroxyl groups is 1. The van der Waals surface area contributed by atoms with Crippen LogP contribution in [0.5, 0.6) is 0 Å². The summed E-state index contributed by atoms with van der Waals surface area (Å²) >= 11 is 0. The predicted octanol–water partition coefficient (Wildman–Crippen LogP) is 2.36. The number of nitrogens with zero attached hydrogens (tertiary/aromatic N) is 2. The van der Waals surface area contributed by atoms with Crippen LogP contribution < -0.4 is 10.2 Å². The lowest BCUT2D eigenvalue weighted by Gasteiger charge is -2.31. The van der Waals surface area contributed by atoms with Gasteiger partial charge in [-0.1, -0.05) is 42.5 Å². The third-order valence-electron chi connectivity index (χ3n) is 5.02. The van der Waals surface area contributed by atoms with Gasteiger partial charge in [0.1, 0.15) is 0 Å². The Kier molecular flexibility index (Phi) is 5.67. The van der Waals surface area contributed by atoms with E-state index < -0.39 is 5.54 Å². The van der Waals surface area contributed by atoms with E-state index in [-0.39, 0.29) is 25.5 Å². The van der Waals surface area contributed by atoms with Gasteiger partial charge in [0.15, 0.2) is 0 Å². The smallest absolute Gasteiger partial charge is 0.240 e. The molecule has 0 saturated carbocycles. The lowest BCUT2D eigenvalue weighted by Crippen LogP contribution is -2.49. The first-order valence-corrected chi connectivity index (χ1v) is 8.87. The largest absolute Gasteiger partial charge is 0.394 e. The third-order valence-corrected chi connectivity index (χ3v) is 5.02. The van der Waals surface area contributed by atoms with Crippen molar-refractivity contribution in [3.8, 4) is 6.07 Å². The molecule has 0 radical (unpaired) electrons. The molecule has 1 atom stereocenters. The average Bonchev–Trinajstić information content (AvgIpc) is 3.07. The van der Waals surface area contributed by atoms with E-state index in [0.29, 0.717) is 6.54 Å². The quantitative estimate of drug-likeness (QED) is 0.804. The lowest BCUT2D eigenvalue weighted by molar-refractivity contribution is -0.118. The highest BCUT2D eigenvalue weighted by molar-refractivity contribution is 5.94. The number of aryl methyl sites for hydroxylation is 1. The maximum absolute atomic E-state index is 12.8. The molecule has 5 nitrogen and oxygen atoms in total. The number of nitriles is 1. The molecule has 0 bridgehead atoms. The molecule has 2 aromatic rings. The van der Waals surface area contributed by atoms with Gasteiger partial charge in [-0.3, -0.25) is 10.1 Å². The van der Waals surface area contributed by atoms with Crippen LogP contribution in [0.25, 0.3) is 0 Å². The van der Waals surface area contributed by atoms with Gasteiger partial charge in [-0.25, -0.2) is 0 Å². The van der Waals surface area contributed by atoms with Gasteiger partial charge in [0, 0.05) is 12.2 Å². The van der Waals surface area contributed by atoms with Crippen LogP contribution in [-0.4, -0.2) is 30.7 Å². The Hall–Kier alpha value is -2.68. The zero-order valence-electron chi connectivity index (χ0n) is 14.7. The molecule has 134 valence electrons. The van der Waals surface area contributed by atoms with Gasteiger partial charge in [0.25, 0.3) is 0 Å². The fourth-order valence-corrected chi connectivity index (χ4v) is 3.60. The van der Waals surface area contributed by atoms with Crippen molar-refractivity contribution < 1.29 is 9.90 Å². The van der Waals surface area contributed by atoms with Crippen molar-refractivity contribution in [2.75, 3.05) is 24.6 Å². The summed E-state index contributed by atoms with van der Waals surface area (Å²) in [6.45, 7) is 0.403. The molecule has 1 aliphatic rings. The Labute approximate surface area is 153 Å². The number of nitrogens with one attached hydrogen (secondary N) is 1. The summed E-state index contributed by atoms with van der Waals surface area (Å²) < 4.78 is 0. The number of carbonyl (C=O) groups excluding carboxylic acids is 1. The summed E-state index contributed by atoms with van der Waals surface area (Å²) in [6.07, 6.45) is 1.92. The SMILES string of the molecule is N#CCCN(C(=O)CNC1(CO)CCc2ccccc21)c1ccccc1. The molecule has 2 N–H and O–H groups in total. The molecule has 3 rings (SSSR count). The average molecular weight is 349 g/mol. The number of amides is 1. The van der Waals surface area contributed by atoms with Crippen LogP contribution >= 0.6 is 0 Å². The van der Waals surface area contributed by atoms with Crippen molar-refractivity contribution in [2.24, 2.45) is 0 Å². The molecule has 0 aromatic heterocycles. The summed E-state index contributed by atoms with van der Waals surface area (Å²) in [4.78, 5) is 14.5. The van der Waals surface area contributed by atoms with Gasteiger partial charge in [0.05, 0.1) is 31.2 Å². The second-order valence-electron chi connectivity index (χ2n) is 6.54. The van der Waals surface area contributed by atoms with Crippen molar-refractivity contribution >= 4 is 11.6 Å². The van der Waals surface area contributed by atoms with Crippen molar-refractivity contribution in [1.29, 1.82) is 5.26 Å². The van der Waals surface area contributed by atoms with Crippen molar-refractivity contribution in [3.05, 3.63) is 65.7 Å². The molecule has 0 fully saturated rings. The fourth-order valence-electron chi connectivity index (χ4n) is 3.60. The number of para-hydroxylation sites is 1. The number of hydrogen-bond donors (Lipinski definition) is 2. The highest BCUT2D eigenvalue weighted by atomic mass is 16.3. The number of benzene rings is 2. The Balaban J connectivity index is 1.75. The van der Waals surface area contributed by atoms with E-state index in [1.807, 2.05) is 48.5 Å². The van der Waals surface area contributed by atoms with Crippen LogP contribution in [0.4, 0.5) is 5.69 Å². The highest BCUT2D eigenvalue weighted by Gasteiger charge is 2.38. The van der Waals surface area contributed by atoms with Crippen LogP contribution in [0.3, 0.4) is 0 Å². The summed E-state index contributed by atoms with van der Waals surface area (Å²) in [5.41, 5.74) is 2.48. The van der Waals surface area contributed by atoms with Gasteiger partial charge in [-0.2, -0.15) is 5.26 Å². The molecule has 5 heteroatoms. The summed E-state index contributed by atoms with van der Waals surface area (Å²) in [7, 11) is 0. The van der Waals surface area contributed by atoms with Gasteiger partial charge < -0.3 is 10.0 Å². The second-order valence-corrected chi connectivity index (χ2v) is 6.54. The minimum absolute atomic E-state index is 0.0547. The third kappa shape index (κ3) is 3.62. The molecular formula is C21H23N3O2. The van der Waals surface area contributed by atoms with E-state index in [9.17, 15) is 9.90 Å². The Morgan fingerprint density at radius 2 is 1.92 bits per heavy atom. The van der Waals surface area contributed by atoms with Crippen LogP contribution in [0, 0.1) is 11.3 Å². The molecule has 1 amide bonds. The van der Waals surface area contributed by atoms with Crippen LogP contribution in [-0.2, 0) is 16.8 Å². The second kappa shape index (κ2) is 8.13. The number of fused-ring (bicyclic) bond motifs is 1. The highest BCUT2D eigenvalue weighted by Crippen LogP contribution is 2.36. The van der Waals surface area contributed by atoms with E-state index in [0.717, 1.165) is 24.1 Å². The van der Waals surface area contributed by atoms with Gasteiger partial charge in [0.2, 0.25) is 5.91 Å². The number of hydrogen-bond acceptors (Lipinski definition) is 4. The molecule has 1 unspecified atom stereocenters. The van der Waals surface area contributed by atoms with Crippen LogP contribution in [0.1, 0.15) is 24.0 Å². The maximum atomic E-state index is 12.8. The Morgan fingerprint density at radius 1 is 1.19 bits per heavy atom. The molecule has 0 spiro atoms. The minimum Gasteiger partial charge on any atom is -0.394 e.